The number of aromatic nitrogens is 2. The molecule has 0 fully saturated rings. The predicted octanol–water partition coefficient (Wildman–Crippen LogP) is 2.93. The van der Waals surface area contributed by atoms with Crippen LogP contribution in [-0.2, 0) is 13.5 Å². The number of aryl methyl sites for hydroxylation is 4. The van der Waals surface area contributed by atoms with Gasteiger partial charge in [-0.25, -0.2) is 0 Å². The molecule has 2 aromatic rings. The van der Waals surface area contributed by atoms with E-state index in [0.29, 0.717) is 6.04 Å². The summed E-state index contributed by atoms with van der Waals surface area (Å²) in [5.74, 6) is 0. The Hall–Kier alpha value is -1.61. The molecule has 1 heterocycles. The standard InChI is InChI=1S/C16H23N3/c1-12-5-7-15(13(2)11-12)16(17-3)8-6-14-9-10-18-19(14)4/h5,7,9-11,16-17H,6,8H2,1-4H3. The molecule has 0 radical (unpaired) electrons. The average Bonchev–Trinajstić information content (AvgIpc) is 2.78. The van der Waals surface area contributed by atoms with Crippen LogP contribution in [0.3, 0.4) is 0 Å². The van der Waals surface area contributed by atoms with E-state index in [-0.39, 0.29) is 0 Å². The van der Waals surface area contributed by atoms with Gasteiger partial charge in [-0.05, 0) is 50.9 Å². The highest BCUT2D eigenvalue weighted by molar-refractivity contribution is 5.32. The van der Waals surface area contributed by atoms with Crippen molar-refractivity contribution in [2.45, 2.75) is 32.7 Å². The Balaban J connectivity index is 2.10. The first-order valence-corrected chi connectivity index (χ1v) is 6.83. The summed E-state index contributed by atoms with van der Waals surface area (Å²) in [6.45, 7) is 4.33. The van der Waals surface area contributed by atoms with Crippen molar-refractivity contribution in [3.05, 3.63) is 52.8 Å². The smallest absolute Gasteiger partial charge is 0.0492 e. The van der Waals surface area contributed by atoms with Crippen LogP contribution in [0.25, 0.3) is 0 Å². The molecule has 3 nitrogen and oxygen atoms in total. The van der Waals surface area contributed by atoms with Crippen molar-refractivity contribution in [3.63, 3.8) is 0 Å². The van der Waals surface area contributed by atoms with Gasteiger partial charge in [-0.2, -0.15) is 5.10 Å². The van der Waals surface area contributed by atoms with E-state index < -0.39 is 0 Å². The molecule has 0 aliphatic carbocycles. The Morgan fingerprint density at radius 1 is 1.26 bits per heavy atom. The molecular formula is C16H23N3. The quantitative estimate of drug-likeness (QED) is 0.892. The van der Waals surface area contributed by atoms with Crippen molar-refractivity contribution >= 4 is 0 Å². The van der Waals surface area contributed by atoms with Crippen molar-refractivity contribution in [3.8, 4) is 0 Å². The van der Waals surface area contributed by atoms with Gasteiger partial charge in [-0.3, -0.25) is 4.68 Å². The van der Waals surface area contributed by atoms with Crippen molar-refractivity contribution in [2.24, 2.45) is 7.05 Å². The van der Waals surface area contributed by atoms with Gasteiger partial charge >= 0.3 is 0 Å². The molecule has 1 N–H and O–H groups in total. The molecule has 1 aromatic carbocycles. The van der Waals surface area contributed by atoms with Gasteiger partial charge in [0.1, 0.15) is 0 Å². The van der Waals surface area contributed by atoms with Crippen molar-refractivity contribution in [1.29, 1.82) is 0 Å². The van der Waals surface area contributed by atoms with Crippen LogP contribution in [0.2, 0.25) is 0 Å². The first-order chi connectivity index (χ1) is 9.11. The zero-order chi connectivity index (χ0) is 13.8. The highest BCUT2D eigenvalue weighted by Crippen LogP contribution is 2.23. The molecule has 0 aliphatic rings. The van der Waals surface area contributed by atoms with Gasteiger partial charge in [-0.1, -0.05) is 23.8 Å². The fourth-order valence-corrected chi connectivity index (χ4v) is 2.61. The second-order valence-corrected chi connectivity index (χ2v) is 5.19. The van der Waals surface area contributed by atoms with Gasteiger partial charge in [-0.15, -0.1) is 0 Å². The lowest BCUT2D eigenvalue weighted by Crippen LogP contribution is -2.18. The highest BCUT2D eigenvalue weighted by Gasteiger charge is 2.12. The molecule has 0 amide bonds. The lowest BCUT2D eigenvalue weighted by Gasteiger charge is -2.19. The highest BCUT2D eigenvalue weighted by atomic mass is 15.2. The summed E-state index contributed by atoms with van der Waals surface area (Å²) < 4.78 is 1.95. The molecule has 0 bridgehead atoms. The van der Waals surface area contributed by atoms with Gasteiger partial charge in [0.2, 0.25) is 0 Å². The molecule has 0 spiro atoms. The summed E-state index contributed by atoms with van der Waals surface area (Å²) in [5.41, 5.74) is 5.37. The maximum absolute atomic E-state index is 4.22. The third-order valence-electron chi connectivity index (χ3n) is 3.76. The Morgan fingerprint density at radius 3 is 2.63 bits per heavy atom. The molecule has 1 atom stereocenters. The summed E-state index contributed by atoms with van der Waals surface area (Å²) in [7, 11) is 4.04. The van der Waals surface area contributed by atoms with E-state index >= 15 is 0 Å². The minimum atomic E-state index is 0.399. The minimum absolute atomic E-state index is 0.399. The van der Waals surface area contributed by atoms with Gasteiger partial charge < -0.3 is 5.32 Å². The summed E-state index contributed by atoms with van der Waals surface area (Å²) in [6.07, 6.45) is 3.98. The molecule has 0 aliphatic heterocycles. The van der Waals surface area contributed by atoms with Crippen LogP contribution in [0, 0.1) is 13.8 Å². The van der Waals surface area contributed by atoms with E-state index in [0.717, 1.165) is 12.8 Å². The number of hydrogen-bond donors (Lipinski definition) is 1. The molecule has 1 aromatic heterocycles. The molecule has 1 unspecified atom stereocenters. The monoisotopic (exact) mass is 257 g/mol. The molecule has 19 heavy (non-hydrogen) atoms. The van der Waals surface area contributed by atoms with E-state index in [1.165, 1.54) is 22.4 Å². The van der Waals surface area contributed by atoms with Crippen molar-refractivity contribution in [1.82, 2.24) is 15.1 Å². The van der Waals surface area contributed by atoms with Crippen LogP contribution in [0.4, 0.5) is 0 Å². The SMILES string of the molecule is CNC(CCc1ccnn1C)c1ccc(C)cc1C. The second-order valence-electron chi connectivity index (χ2n) is 5.19. The van der Waals surface area contributed by atoms with E-state index in [2.05, 4.69) is 48.5 Å². The summed E-state index contributed by atoms with van der Waals surface area (Å²) in [4.78, 5) is 0. The normalized spacial score (nSPS) is 12.6. The fraction of sp³-hybridized carbons (Fsp3) is 0.438. The van der Waals surface area contributed by atoms with Gasteiger partial charge in [0, 0.05) is 25.0 Å². The van der Waals surface area contributed by atoms with Gasteiger partial charge in [0.25, 0.3) is 0 Å². The van der Waals surface area contributed by atoms with Crippen LogP contribution >= 0.6 is 0 Å². The molecule has 2 rings (SSSR count). The number of nitrogens with one attached hydrogen (secondary N) is 1. The van der Waals surface area contributed by atoms with E-state index in [1.807, 2.05) is 25.0 Å². The van der Waals surface area contributed by atoms with Crippen LogP contribution in [0.5, 0.6) is 0 Å². The van der Waals surface area contributed by atoms with E-state index in [9.17, 15) is 0 Å². The van der Waals surface area contributed by atoms with Crippen LogP contribution in [0.1, 0.15) is 34.8 Å². The lowest BCUT2D eigenvalue weighted by molar-refractivity contribution is 0.533. The molecule has 0 saturated carbocycles. The Kier molecular flexibility index (Phi) is 4.38. The lowest BCUT2D eigenvalue weighted by atomic mass is 9.95. The number of hydrogen-bond acceptors (Lipinski definition) is 2. The molecule has 102 valence electrons. The molecule has 0 saturated heterocycles. The first-order valence-electron chi connectivity index (χ1n) is 6.83. The largest absolute Gasteiger partial charge is 0.313 e. The molecule has 3 heteroatoms. The van der Waals surface area contributed by atoms with Crippen LogP contribution in [-0.4, -0.2) is 16.8 Å². The van der Waals surface area contributed by atoms with Crippen molar-refractivity contribution in [2.75, 3.05) is 7.05 Å². The number of benzene rings is 1. The Morgan fingerprint density at radius 2 is 2.05 bits per heavy atom. The van der Waals surface area contributed by atoms with Gasteiger partial charge in [0.05, 0.1) is 0 Å². The number of nitrogens with zero attached hydrogens (tertiary/aromatic N) is 2. The maximum Gasteiger partial charge on any atom is 0.0492 e. The minimum Gasteiger partial charge on any atom is -0.313 e. The summed E-state index contributed by atoms with van der Waals surface area (Å²) >= 11 is 0. The summed E-state index contributed by atoms with van der Waals surface area (Å²) in [6, 6.07) is 9.18. The Labute approximate surface area is 115 Å². The Bertz CT molecular complexity index is 543. The maximum atomic E-state index is 4.22. The van der Waals surface area contributed by atoms with E-state index in [1.54, 1.807) is 0 Å². The predicted molar refractivity (Wildman–Crippen MR) is 79.2 cm³/mol. The topological polar surface area (TPSA) is 29.9 Å². The first kappa shape index (κ1) is 13.8. The van der Waals surface area contributed by atoms with Gasteiger partial charge in [0.15, 0.2) is 0 Å². The second kappa shape index (κ2) is 6.02. The summed E-state index contributed by atoms with van der Waals surface area (Å²) in [5, 5.41) is 7.65. The van der Waals surface area contributed by atoms with Crippen LogP contribution in [0.15, 0.2) is 30.5 Å². The molecular weight excluding hydrogens is 234 g/mol. The fourth-order valence-electron chi connectivity index (χ4n) is 2.61. The zero-order valence-electron chi connectivity index (χ0n) is 12.3. The zero-order valence-corrected chi connectivity index (χ0v) is 12.3. The third kappa shape index (κ3) is 3.24. The van der Waals surface area contributed by atoms with E-state index in [4.69, 9.17) is 0 Å². The number of rotatable bonds is 5. The third-order valence-corrected chi connectivity index (χ3v) is 3.76. The average molecular weight is 257 g/mol. The van der Waals surface area contributed by atoms with Crippen molar-refractivity contribution < 1.29 is 0 Å². The van der Waals surface area contributed by atoms with Crippen LogP contribution < -0.4 is 5.32 Å².